The molecule has 112 valence electrons. The molecule has 0 amide bonds. The fraction of sp³-hybridized carbons (Fsp3) is 0.600. The van der Waals surface area contributed by atoms with Crippen LogP contribution in [-0.2, 0) is 0 Å². The molecule has 0 bridgehead atoms. The van der Waals surface area contributed by atoms with Gasteiger partial charge in [-0.1, -0.05) is 17.7 Å². The molecule has 1 aromatic rings. The fourth-order valence-corrected chi connectivity index (χ4v) is 2.08. The minimum atomic E-state index is -0.504. The van der Waals surface area contributed by atoms with Crippen LogP contribution in [0.4, 0.5) is 0 Å². The average molecular weight is 279 g/mol. The normalized spacial score (nSPS) is 18.9. The van der Waals surface area contributed by atoms with Gasteiger partial charge in [-0.15, -0.1) is 0 Å². The Morgan fingerprint density at radius 2 is 1.85 bits per heavy atom. The lowest BCUT2D eigenvalue weighted by Crippen LogP contribution is -2.52. The molecule has 0 saturated carbocycles. The van der Waals surface area contributed by atoms with Crippen molar-refractivity contribution in [2.75, 3.05) is 46.4 Å². The first kappa shape index (κ1) is 15.3. The van der Waals surface area contributed by atoms with Gasteiger partial charge in [-0.25, -0.2) is 5.01 Å². The van der Waals surface area contributed by atoms with Gasteiger partial charge in [0, 0.05) is 32.7 Å². The standard InChI is InChI=1S/C15H25N3O2/c1-13-3-5-15(6-4-13)20-12-14(19)11-16-18-9-7-17(2)8-10-18/h3-6,14,16,19H,7-12H2,1-2H3. The highest BCUT2D eigenvalue weighted by Crippen LogP contribution is 2.11. The van der Waals surface area contributed by atoms with Gasteiger partial charge in [0.15, 0.2) is 0 Å². The first-order chi connectivity index (χ1) is 9.63. The van der Waals surface area contributed by atoms with E-state index in [1.165, 1.54) is 5.56 Å². The Hall–Kier alpha value is -1.14. The Bertz CT molecular complexity index is 389. The highest BCUT2D eigenvalue weighted by atomic mass is 16.5. The summed E-state index contributed by atoms with van der Waals surface area (Å²) in [6, 6.07) is 7.86. The summed E-state index contributed by atoms with van der Waals surface area (Å²) in [5.41, 5.74) is 4.47. The third-order valence-electron chi connectivity index (χ3n) is 3.52. The van der Waals surface area contributed by atoms with Crippen molar-refractivity contribution in [3.63, 3.8) is 0 Å². The third kappa shape index (κ3) is 5.09. The van der Waals surface area contributed by atoms with Crippen molar-refractivity contribution in [1.82, 2.24) is 15.3 Å². The lowest BCUT2D eigenvalue weighted by atomic mass is 10.2. The average Bonchev–Trinajstić information content (AvgIpc) is 2.46. The number of likely N-dealkylation sites (N-methyl/N-ethyl adjacent to an activating group) is 1. The van der Waals surface area contributed by atoms with Crippen LogP contribution in [0.25, 0.3) is 0 Å². The Kier molecular flexibility index (Phi) is 5.79. The van der Waals surface area contributed by atoms with Gasteiger partial charge in [0.25, 0.3) is 0 Å². The zero-order chi connectivity index (χ0) is 14.4. The second kappa shape index (κ2) is 7.59. The molecule has 2 N–H and O–H groups in total. The second-order valence-electron chi connectivity index (χ2n) is 5.43. The molecular formula is C15H25N3O2. The van der Waals surface area contributed by atoms with Gasteiger partial charge >= 0.3 is 0 Å². The van der Waals surface area contributed by atoms with E-state index >= 15 is 0 Å². The number of aliphatic hydroxyl groups excluding tert-OH is 1. The number of rotatable bonds is 6. The van der Waals surface area contributed by atoms with Gasteiger partial charge in [-0.2, -0.15) is 0 Å². The van der Waals surface area contributed by atoms with Crippen molar-refractivity contribution >= 4 is 0 Å². The smallest absolute Gasteiger partial charge is 0.119 e. The molecule has 0 aromatic heterocycles. The maximum absolute atomic E-state index is 9.92. The molecule has 1 unspecified atom stereocenters. The predicted molar refractivity (Wildman–Crippen MR) is 79.8 cm³/mol. The third-order valence-corrected chi connectivity index (χ3v) is 3.52. The van der Waals surface area contributed by atoms with Crippen molar-refractivity contribution in [3.8, 4) is 5.75 Å². The van der Waals surface area contributed by atoms with Crippen molar-refractivity contribution in [2.24, 2.45) is 0 Å². The molecule has 1 heterocycles. The van der Waals surface area contributed by atoms with E-state index in [0.29, 0.717) is 13.2 Å². The molecule has 0 radical (unpaired) electrons. The summed E-state index contributed by atoms with van der Waals surface area (Å²) in [7, 11) is 2.13. The minimum Gasteiger partial charge on any atom is -0.491 e. The van der Waals surface area contributed by atoms with Gasteiger partial charge in [-0.3, -0.25) is 5.43 Å². The molecule has 5 nitrogen and oxygen atoms in total. The number of hydrogen-bond acceptors (Lipinski definition) is 5. The van der Waals surface area contributed by atoms with Gasteiger partial charge in [0.1, 0.15) is 18.5 Å². The van der Waals surface area contributed by atoms with E-state index < -0.39 is 6.10 Å². The van der Waals surface area contributed by atoms with Gasteiger partial charge < -0.3 is 14.7 Å². The molecule has 1 fully saturated rings. The van der Waals surface area contributed by atoms with Gasteiger partial charge in [0.2, 0.25) is 0 Å². The van der Waals surface area contributed by atoms with Crippen LogP contribution in [0.15, 0.2) is 24.3 Å². The van der Waals surface area contributed by atoms with Gasteiger partial charge in [0.05, 0.1) is 0 Å². The van der Waals surface area contributed by atoms with E-state index in [2.05, 4.69) is 22.4 Å². The van der Waals surface area contributed by atoms with Crippen LogP contribution < -0.4 is 10.2 Å². The molecule has 1 aliphatic heterocycles. The number of aryl methyl sites for hydroxylation is 1. The molecular weight excluding hydrogens is 254 g/mol. The summed E-state index contributed by atoms with van der Waals surface area (Å²) in [6.45, 7) is 6.97. The van der Waals surface area contributed by atoms with Crippen LogP contribution in [0, 0.1) is 6.92 Å². The van der Waals surface area contributed by atoms with E-state index in [4.69, 9.17) is 4.74 Å². The summed E-state index contributed by atoms with van der Waals surface area (Å²) < 4.78 is 5.56. The fourth-order valence-electron chi connectivity index (χ4n) is 2.08. The first-order valence-corrected chi connectivity index (χ1v) is 7.18. The van der Waals surface area contributed by atoms with E-state index in [1.807, 2.05) is 31.2 Å². The molecule has 5 heteroatoms. The van der Waals surface area contributed by atoms with Crippen LogP contribution in [0.5, 0.6) is 5.75 Å². The zero-order valence-corrected chi connectivity index (χ0v) is 12.4. The number of ether oxygens (including phenoxy) is 1. The van der Waals surface area contributed by atoms with Crippen LogP contribution >= 0.6 is 0 Å². The lowest BCUT2D eigenvalue weighted by molar-refractivity contribution is 0.0548. The molecule has 1 aliphatic rings. The summed E-state index contributed by atoms with van der Waals surface area (Å²) in [5, 5.41) is 12.1. The Balaban J connectivity index is 1.62. The number of nitrogens with one attached hydrogen (secondary N) is 1. The van der Waals surface area contributed by atoms with Crippen LogP contribution in [-0.4, -0.2) is 67.5 Å². The Morgan fingerprint density at radius 1 is 1.20 bits per heavy atom. The molecule has 1 saturated heterocycles. The molecule has 1 atom stereocenters. The van der Waals surface area contributed by atoms with Crippen LogP contribution in [0.2, 0.25) is 0 Å². The van der Waals surface area contributed by atoms with E-state index in [0.717, 1.165) is 31.9 Å². The maximum Gasteiger partial charge on any atom is 0.119 e. The number of hydrazine groups is 1. The number of piperazine rings is 1. The lowest BCUT2D eigenvalue weighted by Gasteiger charge is -2.33. The summed E-state index contributed by atoms with van der Waals surface area (Å²) >= 11 is 0. The number of benzene rings is 1. The predicted octanol–water partition coefficient (Wildman–Crippen LogP) is 0.487. The monoisotopic (exact) mass is 279 g/mol. The largest absolute Gasteiger partial charge is 0.491 e. The number of nitrogens with zero attached hydrogens (tertiary/aromatic N) is 2. The van der Waals surface area contributed by atoms with Crippen molar-refractivity contribution < 1.29 is 9.84 Å². The molecule has 0 spiro atoms. The van der Waals surface area contributed by atoms with Crippen LogP contribution in [0.3, 0.4) is 0 Å². The van der Waals surface area contributed by atoms with Crippen molar-refractivity contribution in [1.29, 1.82) is 0 Å². The van der Waals surface area contributed by atoms with Gasteiger partial charge in [-0.05, 0) is 26.1 Å². The van der Waals surface area contributed by atoms with Crippen LogP contribution in [0.1, 0.15) is 5.56 Å². The maximum atomic E-state index is 9.92. The molecule has 2 rings (SSSR count). The van der Waals surface area contributed by atoms with E-state index in [1.54, 1.807) is 0 Å². The second-order valence-corrected chi connectivity index (χ2v) is 5.43. The van der Waals surface area contributed by atoms with E-state index in [-0.39, 0.29) is 0 Å². The number of hydrogen-bond donors (Lipinski definition) is 2. The SMILES string of the molecule is Cc1ccc(OCC(O)CNN2CCN(C)CC2)cc1. The number of aliphatic hydroxyl groups is 1. The zero-order valence-electron chi connectivity index (χ0n) is 12.4. The molecule has 1 aromatic carbocycles. The topological polar surface area (TPSA) is 48.0 Å². The highest BCUT2D eigenvalue weighted by Gasteiger charge is 2.14. The summed E-state index contributed by atoms with van der Waals surface area (Å²) in [6.07, 6.45) is -0.504. The first-order valence-electron chi connectivity index (χ1n) is 7.18. The minimum absolute atomic E-state index is 0.309. The van der Waals surface area contributed by atoms with E-state index in [9.17, 15) is 5.11 Å². The summed E-state index contributed by atoms with van der Waals surface area (Å²) in [5.74, 6) is 0.800. The quantitative estimate of drug-likeness (QED) is 0.793. The van der Waals surface area contributed by atoms with Crippen molar-refractivity contribution in [3.05, 3.63) is 29.8 Å². The summed E-state index contributed by atoms with van der Waals surface area (Å²) in [4.78, 5) is 2.30. The highest BCUT2D eigenvalue weighted by molar-refractivity contribution is 5.26. The van der Waals surface area contributed by atoms with Crippen molar-refractivity contribution in [2.45, 2.75) is 13.0 Å². The Morgan fingerprint density at radius 3 is 2.50 bits per heavy atom. The molecule has 20 heavy (non-hydrogen) atoms. The molecule has 0 aliphatic carbocycles. The Labute approximate surface area is 121 Å².